The van der Waals surface area contributed by atoms with E-state index in [4.69, 9.17) is 0 Å². The van der Waals surface area contributed by atoms with Crippen LogP contribution in [-0.4, -0.2) is 39.9 Å². The standard InChI is InChI=1S/C16H22N4O/c21-16(19-10-4-1-2-5-11-19)17-9-8-14-13-20-12-6-3-7-15(20)18-14/h3,6-7,12-13H,1-2,4-5,8-11H2,(H,17,21). The third-order valence-corrected chi connectivity index (χ3v) is 3.96. The Balaban J connectivity index is 1.49. The Labute approximate surface area is 125 Å². The fraction of sp³-hybridized carbons (Fsp3) is 0.500. The van der Waals surface area contributed by atoms with E-state index in [1.807, 2.05) is 39.9 Å². The normalized spacial score (nSPS) is 15.9. The van der Waals surface area contributed by atoms with Gasteiger partial charge in [-0.25, -0.2) is 9.78 Å². The number of carbonyl (C=O) groups excluding carboxylic acids is 1. The second-order valence-electron chi connectivity index (χ2n) is 5.58. The zero-order chi connectivity index (χ0) is 14.5. The van der Waals surface area contributed by atoms with Gasteiger partial charge in [-0.3, -0.25) is 0 Å². The molecule has 5 heteroatoms. The van der Waals surface area contributed by atoms with Crippen molar-refractivity contribution in [2.75, 3.05) is 19.6 Å². The lowest BCUT2D eigenvalue weighted by molar-refractivity contribution is 0.200. The lowest BCUT2D eigenvalue weighted by Crippen LogP contribution is -2.41. The van der Waals surface area contributed by atoms with Crippen LogP contribution in [0.25, 0.3) is 5.65 Å². The van der Waals surface area contributed by atoms with Crippen LogP contribution < -0.4 is 5.32 Å². The smallest absolute Gasteiger partial charge is 0.317 e. The molecule has 1 fully saturated rings. The summed E-state index contributed by atoms with van der Waals surface area (Å²) in [6, 6.07) is 6.02. The predicted molar refractivity (Wildman–Crippen MR) is 82.3 cm³/mol. The number of pyridine rings is 1. The van der Waals surface area contributed by atoms with Crippen LogP contribution >= 0.6 is 0 Å². The van der Waals surface area contributed by atoms with Crippen LogP contribution in [0.3, 0.4) is 0 Å². The Bertz CT molecular complexity index is 566. The molecule has 0 saturated carbocycles. The minimum atomic E-state index is 0.0701. The van der Waals surface area contributed by atoms with Gasteiger partial charge in [0, 0.05) is 38.4 Å². The Morgan fingerprint density at radius 3 is 2.76 bits per heavy atom. The minimum Gasteiger partial charge on any atom is -0.338 e. The van der Waals surface area contributed by atoms with Crippen molar-refractivity contribution < 1.29 is 4.79 Å². The van der Waals surface area contributed by atoms with Gasteiger partial charge in [0.05, 0.1) is 5.69 Å². The molecule has 2 amide bonds. The van der Waals surface area contributed by atoms with Gasteiger partial charge in [0.25, 0.3) is 0 Å². The number of hydrogen-bond donors (Lipinski definition) is 1. The summed E-state index contributed by atoms with van der Waals surface area (Å²) in [5.74, 6) is 0. The highest BCUT2D eigenvalue weighted by Gasteiger charge is 2.14. The van der Waals surface area contributed by atoms with Gasteiger partial charge in [0.1, 0.15) is 5.65 Å². The highest BCUT2D eigenvalue weighted by Crippen LogP contribution is 2.09. The monoisotopic (exact) mass is 286 g/mol. The van der Waals surface area contributed by atoms with Crippen LogP contribution in [0.4, 0.5) is 4.79 Å². The first-order valence-electron chi connectivity index (χ1n) is 7.78. The Morgan fingerprint density at radius 2 is 2.00 bits per heavy atom. The molecule has 0 unspecified atom stereocenters. The number of imidazole rings is 1. The fourth-order valence-electron chi connectivity index (χ4n) is 2.79. The molecule has 0 spiro atoms. The van der Waals surface area contributed by atoms with Crippen LogP contribution in [0.2, 0.25) is 0 Å². The van der Waals surface area contributed by atoms with Crippen molar-refractivity contribution in [1.82, 2.24) is 19.6 Å². The first-order valence-corrected chi connectivity index (χ1v) is 7.78. The zero-order valence-corrected chi connectivity index (χ0v) is 12.3. The van der Waals surface area contributed by atoms with E-state index < -0.39 is 0 Å². The number of carbonyl (C=O) groups is 1. The molecular formula is C16H22N4O. The summed E-state index contributed by atoms with van der Waals surface area (Å²) in [5.41, 5.74) is 1.96. The third-order valence-electron chi connectivity index (χ3n) is 3.96. The average molecular weight is 286 g/mol. The van der Waals surface area contributed by atoms with Gasteiger partial charge < -0.3 is 14.6 Å². The van der Waals surface area contributed by atoms with Gasteiger partial charge in [0.2, 0.25) is 0 Å². The van der Waals surface area contributed by atoms with Gasteiger partial charge in [-0.2, -0.15) is 0 Å². The number of nitrogens with zero attached hydrogens (tertiary/aromatic N) is 3. The van der Waals surface area contributed by atoms with Gasteiger partial charge in [-0.1, -0.05) is 18.9 Å². The minimum absolute atomic E-state index is 0.0701. The number of aromatic nitrogens is 2. The number of amides is 2. The van der Waals surface area contributed by atoms with Crippen molar-refractivity contribution in [3.63, 3.8) is 0 Å². The summed E-state index contributed by atoms with van der Waals surface area (Å²) in [5, 5.41) is 3.01. The van der Waals surface area contributed by atoms with Crippen LogP contribution in [0.15, 0.2) is 30.6 Å². The molecular weight excluding hydrogens is 264 g/mol. The van der Waals surface area contributed by atoms with E-state index in [0.717, 1.165) is 43.7 Å². The van der Waals surface area contributed by atoms with E-state index in [1.54, 1.807) is 0 Å². The highest BCUT2D eigenvalue weighted by atomic mass is 16.2. The average Bonchev–Trinajstić information content (AvgIpc) is 2.71. The van der Waals surface area contributed by atoms with Crippen LogP contribution in [0.5, 0.6) is 0 Å². The third kappa shape index (κ3) is 3.54. The maximum Gasteiger partial charge on any atom is 0.317 e. The maximum absolute atomic E-state index is 12.1. The summed E-state index contributed by atoms with van der Waals surface area (Å²) in [7, 11) is 0. The first-order chi connectivity index (χ1) is 10.3. The Morgan fingerprint density at radius 1 is 1.19 bits per heavy atom. The Kier molecular flexibility index (Phi) is 4.38. The van der Waals surface area contributed by atoms with Crippen molar-refractivity contribution in [3.05, 3.63) is 36.3 Å². The largest absolute Gasteiger partial charge is 0.338 e. The number of rotatable bonds is 3. The number of nitrogens with one attached hydrogen (secondary N) is 1. The number of fused-ring (bicyclic) bond motifs is 1. The second kappa shape index (κ2) is 6.61. The molecule has 0 aliphatic carbocycles. The lowest BCUT2D eigenvalue weighted by atomic mass is 10.2. The molecule has 21 heavy (non-hydrogen) atoms. The second-order valence-corrected chi connectivity index (χ2v) is 5.58. The molecule has 1 aliphatic heterocycles. The van der Waals surface area contributed by atoms with Crippen LogP contribution in [0.1, 0.15) is 31.4 Å². The molecule has 3 rings (SSSR count). The van der Waals surface area contributed by atoms with Crippen molar-refractivity contribution in [2.24, 2.45) is 0 Å². The molecule has 2 aromatic rings. The molecule has 0 radical (unpaired) electrons. The highest BCUT2D eigenvalue weighted by molar-refractivity contribution is 5.74. The summed E-state index contributed by atoms with van der Waals surface area (Å²) in [6.07, 6.45) is 9.51. The fourth-order valence-corrected chi connectivity index (χ4v) is 2.79. The van der Waals surface area contributed by atoms with Crippen molar-refractivity contribution in [1.29, 1.82) is 0 Å². The molecule has 3 heterocycles. The summed E-state index contributed by atoms with van der Waals surface area (Å²) < 4.78 is 2.01. The molecule has 0 bridgehead atoms. The zero-order valence-electron chi connectivity index (χ0n) is 12.3. The molecule has 112 valence electrons. The predicted octanol–water partition coefficient (Wildman–Crippen LogP) is 2.46. The van der Waals surface area contributed by atoms with E-state index >= 15 is 0 Å². The lowest BCUT2D eigenvalue weighted by Gasteiger charge is -2.20. The van der Waals surface area contributed by atoms with Crippen LogP contribution in [-0.2, 0) is 6.42 Å². The number of likely N-dealkylation sites (tertiary alicyclic amines) is 1. The topological polar surface area (TPSA) is 49.6 Å². The summed E-state index contributed by atoms with van der Waals surface area (Å²) >= 11 is 0. The molecule has 0 aromatic carbocycles. The summed E-state index contributed by atoms with van der Waals surface area (Å²) in [4.78, 5) is 18.6. The van der Waals surface area contributed by atoms with Crippen molar-refractivity contribution in [3.8, 4) is 0 Å². The van der Waals surface area contributed by atoms with Crippen LogP contribution in [0, 0.1) is 0 Å². The molecule has 0 atom stereocenters. The van der Waals surface area contributed by atoms with Gasteiger partial charge >= 0.3 is 6.03 Å². The number of urea groups is 1. The molecule has 1 aliphatic rings. The van der Waals surface area contributed by atoms with E-state index in [1.165, 1.54) is 12.8 Å². The van der Waals surface area contributed by atoms with Crippen molar-refractivity contribution >= 4 is 11.7 Å². The van der Waals surface area contributed by atoms with Gasteiger partial charge in [0.15, 0.2) is 0 Å². The first kappa shape index (κ1) is 13.9. The maximum atomic E-state index is 12.1. The SMILES string of the molecule is O=C(NCCc1cn2ccccc2n1)N1CCCCCC1. The van der Waals surface area contributed by atoms with E-state index in [-0.39, 0.29) is 6.03 Å². The van der Waals surface area contributed by atoms with Gasteiger partial charge in [-0.15, -0.1) is 0 Å². The number of hydrogen-bond acceptors (Lipinski definition) is 2. The van der Waals surface area contributed by atoms with E-state index in [2.05, 4.69) is 10.3 Å². The van der Waals surface area contributed by atoms with E-state index in [9.17, 15) is 4.79 Å². The van der Waals surface area contributed by atoms with E-state index in [0.29, 0.717) is 6.54 Å². The summed E-state index contributed by atoms with van der Waals surface area (Å²) in [6.45, 7) is 2.42. The molecule has 5 nitrogen and oxygen atoms in total. The molecule has 2 aromatic heterocycles. The Hall–Kier alpha value is -2.04. The molecule has 1 saturated heterocycles. The quantitative estimate of drug-likeness (QED) is 0.942. The van der Waals surface area contributed by atoms with Crippen molar-refractivity contribution in [2.45, 2.75) is 32.1 Å². The van der Waals surface area contributed by atoms with Gasteiger partial charge in [-0.05, 0) is 25.0 Å². The molecule has 1 N–H and O–H groups in total.